The number of amides is 10. The summed E-state index contributed by atoms with van der Waals surface area (Å²) in [4.78, 5) is 141. The van der Waals surface area contributed by atoms with E-state index in [2.05, 4.69) is 43.7 Å². The molecule has 0 saturated heterocycles. The number of carbonyl (C=O) groups is 10. The van der Waals surface area contributed by atoms with Crippen LogP contribution >= 0.6 is 0 Å². The quantitative estimate of drug-likeness (QED) is 0.00964. The number of nitrogens with two attached hydrogens (primary N) is 1. The second-order valence-electron chi connectivity index (χ2n) is 26.9. The van der Waals surface area contributed by atoms with Crippen LogP contribution in [0, 0.1) is 29.1 Å². The van der Waals surface area contributed by atoms with Crippen molar-refractivity contribution in [3.8, 4) is 11.8 Å². The molecule has 0 fully saturated rings. The second-order valence-corrected chi connectivity index (χ2v) is 26.9. The van der Waals surface area contributed by atoms with Gasteiger partial charge < -0.3 is 56.3 Å². The van der Waals surface area contributed by atoms with E-state index >= 15 is 4.79 Å². The van der Waals surface area contributed by atoms with Crippen LogP contribution in [0.1, 0.15) is 150 Å². The number of benzene rings is 4. The molecule has 23 nitrogen and oxygen atoms in total. The molecule has 0 spiro atoms. The van der Waals surface area contributed by atoms with Crippen molar-refractivity contribution >= 4 is 76.7 Å². The molecule has 0 aliphatic carbocycles. The standard InChI is InChI=1S/C72H96N10O13/c1-17-93-66(89)46(6)40-56(44(2)3)80(15)65(88)60(70(7,8)9)79-64(87)61(81(16)69(92)95-71(10,11)12)72(13,14)51-27-22-28-53(41-51)76-68(91)94-43-47-31-35-52(36-32-47)75-62(85)54(29-23-39-74-67(73)90)77-63(86)59(45(4)5)78-57(83)37-38-58(84)82-42-50-26-19-18-24-48(50)33-34-49-25-20-21-30-55(49)82/h18-22,24-28,30-32,35-36,40-41,44-45,54,56,59-61H,17,23,29,37-39,42-43H2,1-16H3,(H,75,85)(H,76,91)(H,77,86)(H,78,83)(H,79,87)(H3,73,74,90)/b46-40+/t54-,56+,59-,60+,61+/m0/s1. The van der Waals surface area contributed by atoms with Gasteiger partial charge in [-0.1, -0.05) is 135 Å². The van der Waals surface area contributed by atoms with E-state index in [-0.39, 0.29) is 63.8 Å². The number of esters is 1. The van der Waals surface area contributed by atoms with Gasteiger partial charge in [0.1, 0.15) is 36.4 Å². The van der Waals surface area contributed by atoms with Crippen molar-refractivity contribution in [1.29, 1.82) is 0 Å². The molecule has 0 saturated carbocycles. The smallest absolute Gasteiger partial charge is 0.411 e. The van der Waals surface area contributed by atoms with Crippen LogP contribution in [-0.2, 0) is 66.3 Å². The molecule has 5 rings (SSSR count). The third-order valence-electron chi connectivity index (χ3n) is 15.9. The summed E-state index contributed by atoms with van der Waals surface area (Å²) < 4.78 is 16.6. The number of hydrogen-bond acceptors (Lipinski definition) is 13. The first-order valence-corrected chi connectivity index (χ1v) is 32.0. The van der Waals surface area contributed by atoms with E-state index in [1.807, 2.05) is 83.1 Å². The van der Waals surface area contributed by atoms with Crippen molar-refractivity contribution in [2.75, 3.05) is 42.8 Å². The number of primary amides is 1. The van der Waals surface area contributed by atoms with E-state index in [1.54, 1.807) is 129 Å². The number of nitrogens with one attached hydrogen (secondary N) is 6. The van der Waals surface area contributed by atoms with E-state index in [0.717, 1.165) is 11.1 Å². The van der Waals surface area contributed by atoms with Crippen LogP contribution in [0.25, 0.3) is 0 Å². The molecular formula is C72H96N10O13. The molecule has 8 N–H and O–H groups in total. The van der Waals surface area contributed by atoms with Gasteiger partial charge in [0.05, 0.1) is 24.9 Å². The summed E-state index contributed by atoms with van der Waals surface area (Å²) in [6, 6.07) is 22.0. The Labute approximate surface area is 558 Å². The summed E-state index contributed by atoms with van der Waals surface area (Å²) >= 11 is 0. The molecule has 0 radical (unpaired) electrons. The second kappa shape index (κ2) is 33.9. The lowest BCUT2D eigenvalue weighted by molar-refractivity contribution is -0.142. The largest absolute Gasteiger partial charge is 0.463 e. The third kappa shape index (κ3) is 22.2. The molecule has 23 heteroatoms. The van der Waals surface area contributed by atoms with Crippen LogP contribution in [-0.4, -0.2) is 132 Å². The number of ether oxygens (including phenoxy) is 3. The molecule has 4 aromatic carbocycles. The summed E-state index contributed by atoms with van der Waals surface area (Å²) in [5, 5.41) is 16.6. The minimum Gasteiger partial charge on any atom is -0.463 e. The molecule has 10 amide bonds. The number of rotatable bonds is 27. The molecule has 4 aromatic rings. The molecule has 1 aliphatic heterocycles. The molecular weight excluding hydrogens is 1210 g/mol. The van der Waals surface area contributed by atoms with E-state index in [9.17, 15) is 43.2 Å². The number of carbonyl (C=O) groups excluding carboxylic acids is 10. The Bertz CT molecular complexity index is 3520. The van der Waals surface area contributed by atoms with Gasteiger partial charge in [0, 0.05) is 67.0 Å². The first kappa shape index (κ1) is 76.0. The predicted molar refractivity (Wildman–Crippen MR) is 364 cm³/mol. The Kier molecular flexibility index (Phi) is 27.1. The number of likely N-dealkylation sites (N-methyl/N-ethyl adjacent to an activating group) is 2. The average molecular weight is 1310 g/mol. The Balaban J connectivity index is 1.25. The van der Waals surface area contributed by atoms with Crippen LogP contribution in [0.15, 0.2) is 109 Å². The highest BCUT2D eigenvalue weighted by Gasteiger charge is 2.46. The van der Waals surface area contributed by atoms with Crippen LogP contribution in [0.3, 0.4) is 0 Å². The molecule has 5 atom stereocenters. The van der Waals surface area contributed by atoms with Crippen molar-refractivity contribution in [1.82, 2.24) is 31.1 Å². The first-order chi connectivity index (χ1) is 44.5. The third-order valence-corrected chi connectivity index (χ3v) is 15.9. The maximum atomic E-state index is 15.0. The summed E-state index contributed by atoms with van der Waals surface area (Å²) in [7, 11) is 3.06. The topological polar surface area (TPSA) is 306 Å². The zero-order valence-electron chi connectivity index (χ0n) is 57.7. The van der Waals surface area contributed by atoms with Crippen molar-refractivity contribution in [3.63, 3.8) is 0 Å². The minimum atomic E-state index is -1.30. The van der Waals surface area contributed by atoms with E-state index in [4.69, 9.17) is 19.9 Å². The summed E-state index contributed by atoms with van der Waals surface area (Å²) in [5.74, 6) is 2.06. The van der Waals surface area contributed by atoms with E-state index in [0.29, 0.717) is 39.3 Å². The fourth-order valence-corrected chi connectivity index (χ4v) is 10.7. The number of nitrogens with zero attached hydrogens (tertiary/aromatic N) is 3. The van der Waals surface area contributed by atoms with Crippen LogP contribution in [0.5, 0.6) is 0 Å². The lowest BCUT2D eigenvalue weighted by atomic mass is 9.76. The fourth-order valence-electron chi connectivity index (χ4n) is 10.7. The monoisotopic (exact) mass is 1310 g/mol. The van der Waals surface area contributed by atoms with E-state index < -0.39 is 106 Å². The highest BCUT2D eigenvalue weighted by Crippen LogP contribution is 2.35. The van der Waals surface area contributed by atoms with Crippen molar-refractivity contribution < 1.29 is 62.2 Å². The van der Waals surface area contributed by atoms with Crippen molar-refractivity contribution in [3.05, 3.63) is 137 Å². The molecule has 1 aliphatic rings. The number of fused-ring (bicyclic) bond motifs is 2. The predicted octanol–water partition coefficient (Wildman–Crippen LogP) is 9.21. The lowest BCUT2D eigenvalue weighted by Gasteiger charge is -2.42. The van der Waals surface area contributed by atoms with Gasteiger partial charge in [0.15, 0.2) is 0 Å². The molecule has 1 heterocycles. The Morgan fingerprint density at radius 2 is 1.34 bits per heavy atom. The average Bonchev–Trinajstić information content (AvgIpc) is 0.779. The molecule has 512 valence electrons. The van der Waals surface area contributed by atoms with Gasteiger partial charge in [0.25, 0.3) is 0 Å². The first-order valence-electron chi connectivity index (χ1n) is 32.0. The number of anilines is 3. The van der Waals surface area contributed by atoms with Crippen molar-refractivity contribution in [2.45, 2.75) is 177 Å². The number of hydrogen-bond donors (Lipinski definition) is 7. The summed E-state index contributed by atoms with van der Waals surface area (Å²) in [5.41, 5.74) is 7.21. The fraction of sp³-hybridized carbons (Fsp3) is 0.472. The zero-order chi connectivity index (χ0) is 70.7. The van der Waals surface area contributed by atoms with Gasteiger partial charge >= 0.3 is 24.2 Å². The van der Waals surface area contributed by atoms with Crippen LogP contribution in [0.4, 0.5) is 31.4 Å². The van der Waals surface area contributed by atoms with Gasteiger partial charge in [-0.2, -0.15) is 0 Å². The molecule has 0 aromatic heterocycles. The van der Waals surface area contributed by atoms with Gasteiger partial charge in [-0.3, -0.25) is 39.0 Å². The summed E-state index contributed by atoms with van der Waals surface area (Å²) in [6.45, 7) is 25.0. The van der Waals surface area contributed by atoms with Gasteiger partial charge in [-0.25, -0.2) is 19.2 Å². The number of urea groups is 1. The normalized spacial score (nSPS) is 13.8. The SMILES string of the molecule is CCOC(=O)/C(C)=C/[C@H](C(C)C)N(C)C(=O)[C@@H](NC(=O)[C@@H](N(C)C(=O)OC(C)(C)C)C(C)(C)c1cccc(NC(=O)OCc2ccc(NC(=O)[C@H](CCCNC(N)=O)NC(=O)[C@@H](NC(=O)CCC(=O)N3Cc4ccccc4C#Cc4ccccc43)C(C)C)cc2)c1)C(C)(C)C. The van der Waals surface area contributed by atoms with Gasteiger partial charge in [-0.05, 0) is 124 Å². The summed E-state index contributed by atoms with van der Waals surface area (Å²) in [6.07, 6.45) is -0.0337. The zero-order valence-corrected chi connectivity index (χ0v) is 57.7. The van der Waals surface area contributed by atoms with Crippen LogP contribution < -0.4 is 42.5 Å². The molecule has 95 heavy (non-hydrogen) atoms. The van der Waals surface area contributed by atoms with Gasteiger partial charge in [-0.15, -0.1) is 0 Å². The van der Waals surface area contributed by atoms with E-state index in [1.165, 1.54) is 16.8 Å². The maximum Gasteiger partial charge on any atom is 0.411 e. The maximum absolute atomic E-state index is 15.0. The van der Waals surface area contributed by atoms with Gasteiger partial charge in [0.2, 0.25) is 35.4 Å². The Hall–Kier alpha value is -9.72. The lowest BCUT2D eigenvalue weighted by Crippen LogP contribution is -2.63. The Morgan fingerprint density at radius 1 is 0.695 bits per heavy atom. The highest BCUT2D eigenvalue weighted by atomic mass is 16.6. The highest BCUT2D eigenvalue weighted by molar-refractivity contribution is 6.00. The van der Waals surface area contributed by atoms with Crippen molar-refractivity contribution in [2.24, 2.45) is 23.0 Å². The van der Waals surface area contributed by atoms with Crippen LogP contribution in [0.2, 0.25) is 0 Å². The Morgan fingerprint density at radius 3 is 1.96 bits per heavy atom. The number of para-hydroxylation sites is 1. The molecule has 0 bridgehead atoms. The minimum absolute atomic E-state index is 0.0638. The molecule has 0 unspecified atom stereocenters.